The van der Waals surface area contributed by atoms with E-state index in [1.165, 1.54) is 11.1 Å². The molecule has 20 heavy (non-hydrogen) atoms. The van der Waals surface area contributed by atoms with Crippen molar-refractivity contribution < 1.29 is 0 Å². The Bertz CT molecular complexity index is 601. The number of aryl methyl sites for hydroxylation is 1. The number of halogens is 2. The predicted octanol–water partition coefficient (Wildman–Crippen LogP) is 5.66. The first-order valence-electron chi connectivity index (χ1n) is 6.90. The highest BCUT2D eigenvalue weighted by molar-refractivity contribution is 6.33. The van der Waals surface area contributed by atoms with E-state index in [2.05, 4.69) is 36.5 Å². The number of hydrogen-bond acceptors (Lipinski definition) is 1. The van der Waals surface area contributed by atoms with Crippen LogP contribution in [0, 0.1) is 6.92 Å². The highest BCUT2D eigenvalue weighted by Crippen LogP contribution is 2.39. The number of benzene rings is 2. The van der Waals surface area contributed by atoms with Crippen molar-refractivity contribution in [2.75, 3.05) is 5.32 Å². The van der Waals surface area contributed by atoms with Gasteiger partial charge in [0.2, 0.25) is 0 Å². The molecule has 0 radical (unpaired) electrons. The van der Waals surface area contributed by atoms with Gasteiger partial charge in [0.1, 0.15) is 0 Å². The summed E-state index contributed by atoms with van der Waals surface area (Å²) in [5.74, 6) is 0.633. The zero-order chi connectivity index (χ0) is 14.1. The Labute approximate surface area is 129 Å². The second-order valence-electron chi connectivity index (χ2n) is 5.54. The molecule has 3 heteroatoms. The number of hydrogen-bond donors (Lipinski definition) is 1. The van der Waals surface area contributed by atoms with Gasteiger partial charge >= 0.3 is 0 Å². The normalized spacial score (nSPS) is 21.4. The Morgan fingerprint density at radius 3 is 2.35 bits per heavy atom. The summed E-state index contributed by atoms with van der Waals surface area (Å²) in [6.07, 6.45) is 2.29. The average molecular weight is 306 g/mol. The molecule has 2 aromatic carbocycles. The van der Waals surface area contributed by atoms with E-state index in [1.54, 1.807) is 0 Å². The van der Waals surface area contributed by atoms with Gasteiger partial charge in [-0.2, -0.15) is 0 Å². The Hall–Kier alpha value is -1.18. The van der Waals surface area contributed by atoms with E-state index < -0.39 is 0 Å². The predicted molar refractivity (Wildman–Crippen MR) is 87.0 cm³/mol. The summed E-state index contributed by atoms with van der Waals surface area (Å²) in [6, 6.07) is 14.8. The van der Waals surface area contributed by atoms with E-state index in [1.807, 2.05) is 18.2 Å². The maximum Gasteiger partial charge on any atom is 0.0640 e. The monoisotopic (exact) mass is 305 g/mol. The zero-order valence-electron chi connectivity index (χ0n) is 11.4. The molecular weight excluding hydrogens is 289 g/mol. The minimum atomic E-state index is 0.510. The van der Waals surface area contributed by atoms with Crippen molar-refractivity contribution in [3.05, 3.63) is 63.6 Å². The zero-order valence-corrected chi connectivity index (χ0v) is 12.9. The first-order chi connectivity index (χ1) is 9.61. The van der Waals surface area contributed by atoms with E-state index in [4.69, 9.17) is 23.2 Å². The fraction of sp³-hybridized carbons (Fsp3) is 0.294. The summed E-state index contributed by atoms with van der Waals surface area (Å²) >= 11 is 12.2. The minimum Gasteiger partial charge on any atom is -0.381 e. The Morgan fingerprint density at radius 1 is 1.00 bits per heavy atom. The third-order valence-corrected chi connectivity index (χ3v) is 4.53. The van der Waals surface area contributed by atoms with Crippen molar-refractivity contribution in [2.45, 2.75) is 31.7 Å². The van der Waals surface area contributed by atoms with Gasteiger partial charge in [-0.1, -0.05) is 41.4 Å². The van der Waals surface area contributed by atoms with Crippen LogP contribution < -0.4 is 5.32 Å². The maximum absolute atomic E-state index is 6.25. The van der Waals surface area contributed by atoms with Gasteiger partial charge in [0.15, 0.2) is 0 Å². The van der Waals surface area contributed by atoms with Crippen molar-refractivity contribution in [3.63, 3.8) is 0 Å². The largest absolute Gasteiger partial charge is 0.381 e. The van der Waals surface area contributed by atoms with Crippen LogP contribution in [0.4, 0.5) is 5.69 Å². The molecule has 0 saturated heterocycles. The molecule has 0 aliphatic heterocycles. The first-order valence-corrected chi connectivity index (χ1v) is 7.65. The molecule has 0 heterocycles. The standard InChI is InChI=1S/C17H17Cl2N/c1-11-2-7-17(16(19)8-11)20-15-9-13(10-15)12-3-5-14(18)6-4-12/h2-8,13,15,20H,9-10H2,1H3. The molecular formula is C17H17Cl2N. The Morgan fingerprint density at radius 2 is 1.70 bits per heavy atom. The molecule has 0 atom stereocenters. The van der Waals surface area contributed by atoms with Gasteiger partial charge in [-0.15, -0.1) is 0 Å². The van der Waals surface area contributed by atoms with E-state index in [-0.39, 0.29) is 0 Å². The van der Waals surface area contributed by atoms with E-state index in [0.29, 0.717) is 12.0 Å². The minimum absolute atomic E-state index is 0.510. The Balaban J connectivity index is 1.59. The average Bonchev–Trinajstić information content (AvgIpc) is 2.37. The lowest BCUT2D eigenvalue weighted by atomic mass is 9.76. The molecule has 0 unspecified atom stereocenters. The highest BCUT2D eigenvalue weighted by atomic mass is 35.5. The molecule has 1 aliphatic rings. The smallest absolute Gasteiger partial charge is 0.0640 e. The fourth-order valence-corrected chi connectivity index (χ4v) is 3.12. The molecule has 3 rings (SSSR count). The topological polar surface area (TPSA) is 12.0 Å². The van der Waals surface area contributed by atoms with Gasteiger partial charge < -0.3 is 5.32 Å². The van der Waals surface area contributed by atoms with Gasteiger partial charge in [-0.25, -0.2) is 0 Å². The SMILES string of the molecule is Cc1ccc(NC2CC(c3ccc(Cl)cc3)C2)c(Cl)c1. The van der Waals surface area contributed by atoms with Crippen LogP contribution in [0.15, 0.2) is 42.5 Å². The quantitative estimate of drug-likeness (QED) is 0.771. The molecule has 1 N–H and O–H groups in total. The van der Waals surface area contributed by atoms with Gasteiger partial charge in [0.25, 0.3) is 0 Å². The summed E-state index contributed by atoms with van der Waals surface area (Å²) in [5.41, 5.74) is 3.60. The van der Waals surface area contributed by atoms with Gasteiger partial charge in [0, 0.05) is 11.1 Å². The van der Waals surface area contributed by atoms with E-state index >= 15 is 0 Å². The van der Waals surface area contributed by atoms with Crippen molar-refractivity contribution in [3.8, 4) is 0 Å². The molecule has 0 bridgehead atoms. The van der Waals surface area contributed by atoms with Crippen molar-refractivity contribution in [1.82, 2.24) is 0 Å². The van der Waals surface area contributed by atoms with Crippen LogP contribution in [0.5, 0.6) is 0 Å². The van der Waals surface area contributed by atoms with Crippen LogP contribution in [-0.4, -0.2) is 6.04 Å². The lowest BCUT2D eigenvalue weighted by molar-refractivity contribution is 0.374. The summed E-state index contributed by atoms with van der Waals surface area (Å²) in [6.45, 7) is 2.05. The summed E-state index contributed by atoms with van der Waals surface area (Å²) in [5, 5.41) is 5.13. The molecule has 1 fully saturated rings. The van der Waals surface area contributed by atoms with Crippen molar-refractivity contribution >= 4 is 28.9 Å². The van der Waals surface area contributed by atoms with E-state index in [0.717, 1.165) is 28.6 Å². The summed E-state index contributed by atoms with van der Waals surface area (Å²) < 4.78 is 0. The molecule has 0 aromatic heterocycles. The molecule has 104 valence electrons. The fourth-order valence-electron chi connectivity index (χ4n) is 2.70. The lowest BCUT2D eigenvalue weighted by Gasteiger charge is -2.37. The second kappa shape index (κ2) is 5.67. The van der Waals surface area contributed by atoms with Crippen LogP contribution >= 0.6 is 23.2 Å². The second-order valence-corrected chi connectivity index (χ2v) is 6.39. The third-order valence-electron chi connectivity index (χ3n) is 3.96. The molecule has 1 nitrogen and oxygen atoms in total. The van der Waals surface area contributed by atoms with Gasteiger partial charge in [-0.3, -0.25) is 0 Å². The highest BCUT2D eigenvalue weighted by Gasteiger charge is 2.30. The first kappa shape index (κ1) is 13.8. The Kier molecular flexibility index (Phi) is 3.91. The molecule has 2 aromatic rings. The number of anilines is 1. The van der Waals surface area contributed by atoms with Crippen LogP contribution in [0.2, 0.25) is 10.0 Å². The molecule has 0 spiro atoms. The van der Waals surface area contributed by atoms with Crippen LogP contribution in [0.3, 0.4) is 0 Å². The third kappa shape index (κ3) is 2.94. The molecule has 0 amide bonds. The van der Waals surface area contributed by atoms with Crippen LogP contribution in [0.1, 0.15) is 29.9 Å². The molecule has 1 aliphatic carbocycles. The number of nitrogens with one attached hydrogen (secondary N) is 1. The maximum atomic E-state index is 6.25. The van der Waals surface area contributed by atoms with Crippen LogP contribution in [-0.2, 0) is 0 Å². The van der Waals surface area contributed by atoms with Gasteiger partial charge in [-0.05, 0) is 61.1 Å². The number of rotatable bonds is 3. The van der Waals surface area contributed by atoms with Gasteiger partial charge in [0.05, 0.1) is 10.7 Å². The van der Waals surface area contributed by atoms with E-state index in [9.17, 15) is 0 Å². The van der Waals surface area contributed by atoms with Crippen molar-refractivity contribution in [2.24, 2.45) is 0 Å². The van der Waals surface area contributed by atoms with Crippen LogP contribution in [0.25, 0.3) is 0 Å². The van der Waals surface area contributed by atoms with Crippen molar-refractivity contribution in [1.29, 1.82) is 0 Å². The lowest BCUT2D eigenvalue weighted by Crippen LogP contribution is -2.34. The summed E-state index contributed by atoms with van der Waals surface area (Å²) in [7, 11) is 0. The summed E-state index contributed by atoms with van der Waals surface area (Å²) in [4.78, 5) is 0. The molecule has 1 saturated carbocycles.